The second-order valence-corrected chi connectivity index (χ2v) is 7.30. The summed E-state index contributed by atoms with van der Waals surface area (Å²) in [5.41, 5.74) is 1.55. The number of phenolic OH excluding ortho intramolecular Hbond substituents is 1. The minimum absolute atomic E-state index is 0.257. The number of ether oxygens (including phenoxy) is 1. The van der Waals surface area contributed by atoms with E-state index in [1.54, 1.807) is 32.0 Å². The molecule has 1 N–H and O–H groups in total. The molecule has 3 rings (SSSR count). The highest BCUT2D eigenvalue weighted by molar-refractivity contribution is 6.31. The van der Waals surface area contributed by atoms with E-state index in [9.17, 15) is 19.1 Å². The Labute approximate surface area is 172 Å². The van der Waals surface area contributed by atoms with E-state index in [1.807, 2.05) is 6.92 Å². The van der Waals surface area contributed by atoms with Crippen LogP contribution in [0.15, 0.2) is 36.4 Å². The second-order valence-electron chi connectivity index (χ2n) is 6.86. The molecule has 0 aliphatic heterocycles. The Morgan fingerprint density at radius 1 is 1.28 bits per heavy atom. The van der Waals surface area contributed by atoms with Crippen LogP contribution in [0.5, 0.6) is 5.75 Å². The molecule has 152 valence electrons. The molecule has 0 amide bonds. The molecule has 2 aromatic carbocycles. The van der Waals surface area contributed by atoms with Crippen molar-refractivity contribution in [3.63, 3.8) is 0 Å². The number of esters is 1. The van der Waals surface area contributed by atoms with Gasteiger partial charge in [0.15, 0.2) is 11.6 Å². The average molecular weight is 418 g/mol. The predicted octanol–water partition coefficient (Wildman–Crippen LogP) is 5.19. The molecule has 29 heavy (non-hydrogen) atoms. The molecule has 0 aliphatic carbocycles. The van der Waals surface area contributed by atoms with E-state index in [1.165, 1.54) is 16.7 Å². The Bertz CT molecular complexity index is 1110. The molecule has 0 bridgehead atoms. The van der Waals surface area contributed by atoms with E-state index in [2.05, 4.69) is 0 Å². The SMILES string of the molecule is CCCOC(=O)[C@@H](C)c1c(C)n(C(=O)c2cccc(Cl)c2)c2cc(F)c(O)cc12. The average Bonchev–Trinajstić information content (AvgIpc) is 2.96. The van der Waals surface area contributed by atoms with Crippen LogP contribution in [0.4, 0.5) is 4.39 Å². The highest BCUT2D eigenvalue weighted by Gasteiger charge is 2.28. The third-order valence-electron chi connectivity index (χ3n) is 4.83. The molecule has 1 atom stereocenters. The monoisotopic (exact) mass is 417 g/mol. The van der Waals surface area contributed by atoms with Crippen LogP contribution in [0.25, 0.3) is 10.9 Å². The summed E-state index contributed by atoms with van der Waals surface area (Å²) in [6.07, 6.45) is 0.679. The van der Waals surface area contributed by atoms with Crippen LogP contribution >= 0.6 is 11.6 Å². The van der Waals surface area contributed by atoms with Crippen molar-refractivity contribution in [1.82, 2.24) is 4.57 Å². The highest BCUT2D eigenvalue weighted by atomic mass is 35.5. The van der Waals surface area contributed by atoms with Crippen LogP contribution in [0.2, 0.25) is 5.02 Å². The molecule has 0 fully saturated rings. The first-order valence-corrected chi connectivity index (χ1v) is 9.64. The minimum Gasteiger partial charge on any atom is -0.505 e. The standard InChI is InChI=1S/C22H21ClFNO4/c1-4-8-29-22(28)12(2)20-13(3)25(18-11-17(24)19(26)10-16(18)20)21(27)14-6-5-7-15(23)9-14/h5-7,9-12,26H,4,8H2,1-3H3/t12-/m0/s1. The normalized spacial score (nSPS) is 12.2. The fraction of sp³-hybridized carbons (Fsp3) is 0.273. The van der Waals surface area contributed by atoms with Crippen LogP contribution in [-0.2, 0) is 9.53 Å². The summed E-state index contributed by atoms with van der Waals surface area (Å²) in [4.78, 5) is 25.7. The lowest BCUT2D eigenvalue weighted by molar-refractivity contribution is -0.145. The first kappa shape index (κ1) is 20.9. The Balaban J connectivity index is 2.23. The van der Waals surface area contributed by atoms with Crippen molar-refractivity contribution in [2.75, 3.05) is 6.61 Å². The summed E-state index contributed by atoms with van der Waals surface area (Å²) in [6.45, 7) is 5.51. The van der Waals surface area contributed by atoms with E-state index in [-0.39, 0.29) is 12.1 Å². The molecule has 0 saturated carbocycles. The van der Waals surface area contributed by atoms with Gasteiger partial charge in [0, 0.05) is 27.7 Å². The van der Waals surface area contributed by atoms with Gasteiger partial charge in [-0.15, -0.1) is 0 Å². The lowest BCUT2D eigenvalue weighted by atomic mass is 9.98. The van der Waals surface area contributed by atoms with Crippen LogP contribution in [0.3, 0.4) is 0 Å². The van der Waals surface area contributed by atoms with Gasteiger partial charge in [-0.2, -0.15) is 0 Å². The van der Waals surface area contributed by atoms with Gasteiger partial charge in [-0.05, 0) is 50.1 Å². The van der Waals surface area contributed by atoms with E-state index >= 15 is 0 Å². The molecule has 7 heteroatoms. The molecule has 0 radical (unpaired) electrons. The number of hydrogen-bond acceptors (Lipinski definition) is 4. The van der Waals surface area contributed by atoms with Gasteiger partial charge in [0.1, 0.15) is 0 Å². The predicted molar refractivity (Wildman–Crippen MR) is 109 cm³/mol. The van der Waals surface area contributed by atoms with Gasteiger partial charge < -0.3 is 9.84 Å². The number of fused-ring (bicyclic) bond motifs is 1. The molecule has 0 spiro atoms. The van der Waals surface area contributed by atoms with Gasteiger partial charge in [0.25, 0.3) is 5.91 Å². The number of benzene rings is 2. The fourth-order valence-electron chi connectivity index (χ4n) is 3.45. The Morgan fingerprint density at radius 3 is 2.66 bits per heavy atom. The molecule has 0 aliphatic rings. The lowest BCUT2D eigenvalue weighted by Crippen LogP contribution is -2.17. The van der Waals surface area contributed by atoms with Crippen molar-refractivity contribution in [3.8, 4) is 5.75 Å². The van der Waals surface area contributed by atoms with Gasteiger partial charge in [0.05, 0.1) is 18.0 Å². The number of nitrogens with zero attached hydrogens (tertiary/aromatic N) is 1. The summed E-state index contributed by atoms with van der Waals surface area (Å²) in [5.74, 6) is -2.99. The summed E-state index contributed by atoms with van der Waals surface area (Å²) in [6, 6.07) is 8.74. The zero-order valence-electron chi connectivity index (χ0n) is 16.3. The summed E-state index contributed by atoms with van der Waals surface area (Å²) in [5, 5.41) is 10.7. The molecular weight excluding hydrogens is 397 g/mol. The number of hydrogen-bond donors (Lipinski definition) is 1. The topological polar surface area (TPSA) is 68.5 Å². The van der Waals surface area contributed by atoms with Gasteiger partial charge in [-0.1, -0.05) is 24.6 Å². The zero-order chi connectivity index (χ0) is 21.3. The summed E-state index contributed by atoms with van der Waals surface area (Å²) < 4.78 is 20.7. The van der Waals surface area contributed by atoms with Crippen molar-refractivity contribution >= 4 is 34.4 Å². The van der Waals surface area contributed by atoms with E-state index in [0.29, 0.717) is 33.7 Å². The van der Waals surface area contributed by atoms with Gasteiger partial charge >= 0.3 is 5.97 Å². The van der Waals surface area contributed by atoms with Gasteiger partial charge in [0.2, 0.25) is 0 Å². The number of halogens is 2. The number of aromatic hydroxyl groups is 1. The van der Waals surface area contributed by atoms with Crippen molar-refractivity contribution < 1.29 is 23.8 Å². The number of rotatable bonds is 5. The smallest absolute Gasteiger partial charge is 0.313 e. The minimum atomic E-state index is -0.858. The fourth-order valence-corrected chi connectivity index (χ4v) is 3.64. The highest BCUT2D eigenvalue weighted by Crippen LogP contribution is 2.36. The first-order chi connectivity index (χ1) is 13.8. The maximum absolute atomic E-state index is 14.1. The third-order valence-corrected chi connectivity index (χ3v) is 5.07. The van der Waals surface area contributed by atoms with Crippen LogP contribution < -0.4 is 0 Å². The van der Waals surface area contributed by atoms with Crippen molar-refractivity contribution in [2.45, 2.75) is 33.1 Å². The molecule has 3 aromatic rings. The molecule has 1 aromatic heterocycles. The van der Waals surface area contributed by atoms with Crippen LogP contribution in [-0.4, -0.2) is 28.2 Å². The molecule has 0 unspecified atom stereocenters. The van der Waals surface area contributed by atoms with E-state index in [0.717, 1.165) is 6.07 Å². The van der Waals surface area contributed by atoms with E-state index < -0.39 is 29.4 Å². The largest absolute Gasteiger partial charge is 0.505 e. The van der Waals surface area contributed by atoms with Crippen molar-refractivity contribution in [1.29, 1.82) is 0 Å². The molecule has 0 saturated heterocycles. The number of aromatic nitrogens is 1. The summed E-state index contributed by atoms with van der Waals surface area (Å²) >= 11 is 6.01. The number of carbonyl (C=O) groups excluding carboxylic acids is 2. The lowest BCUT2D eigenvalue weighted by Gasteiger charge is -2.13. The van der Waals surface area contributed by atoms with Crippen molar-refractivity contribution in [2.24, 2.45) is 0 Å². The summed E-state index contributed by atoms with van der Waals surface area (Å²) in [7, 11) is 0. The van der Waals surface area contributed by atoms with Crippen molar-refractivity contribution in [3.05, 3.63) is 64.1 Å². The Kier molecular flexibility index (Phi) is 5.94. The van der Waals surface area contributed by atoms with Crippen LogP contribution in [0.1, 0.15) is 47.8 Å². The van der Waals surface area contributed by atoms with E-state index in [4.69, 9.17) is 16.3 Å². The Hall–Kier alpha value is -2.86. The van der Waals surface area contributed by atoms with Gasteiger partial charge in [-0.3, -0.25) is 14.2 Å². The first-order valence-electron chi connectivity index (χ1n) is 9.26. The zero-order valence-corrected chi connectivity index (χ0v) is 17.1. The maximum Gasteiger partial charge on any atom is 0.313 e. The number of carbonyl (C=O) groups is 2. The molecule has 1 heterocycles. The van der Waals surface area contributed by atoms with Gasteiger partial charge in [-0.25, -0.2) is 4.39 Å². The molecular formula is C22H21ClFNO4. The molecule has 5 nitrogen and oxygen atoms in total. The maximum atomic E-state index is 14.1. The second kappa shape index (κ2) is 8.25. The van der Waals surface area contributed by atoms with Crippen LogP contribution in [0, 0.1) is 12.7 Å². The third kappa shape index (κ3) is 3.85. The Morgan fingerprint density at radius 2 is 2.00 bits per heavy atom. The quantitative estimate of drug-likeness (QED) is 0.580. The number of phenols is 1.